The number of hydrogen-bond acceptors (Lipinski definition) is 4. The Bertz CT molecular complexity index is 436. The van der Waals surface area contributed by atoms with Gasteiger partial charge in [-0.3, -0.25) is 0 Å². The summed E-state index contributed by atoms with van der Waals surface area (Å²) in [7, 11) is 1.42. The third-order valence-corrected chi connectivity index (χ3v) is 3.45. The molecule has 1 aromatic carbocycles. The molecular weight excluding hydrogens is 268 g/mol. The average molecular weight is 287 g/mol. The van der Waals surface area contributed by atoms with Crippen LogP contribution >= 0.6 is 0 Å². The molecule has 1 saturated heterocycles. The predicted octanol–water partition coefficient (Wildman–Crippen LogP) is 3.13. The Hall–Kier alpha value is -1.56. The Morgan fingerprint density at radius 3 is 2.75 bits per heavy atom. The third-order valence-electron chi connectivity index (χ3n) is 3.45. The first kappa shape index (κ1) is 14.8. The second-order valence-corrected chi connectivity index (χ2v) is 4.80. The molecule has 0 aliphatic carbocycles. The van der Waals surface area contributed by atoms with E-state index in [1.807, 2.05) is 0 Å². The zero-order chi connectivity index (χ0) is 14.5. The van der Waals surface area contributed by atoms with Crippen molar-refractivity contribution >= 4 is 5.69 Å². The summed E-state index contributed by atoms with van der Waals surface area (Å²) >= 11 is 0. The van der Waals surface area contributed by atoms with E-state index in [-0.39, 0.29) is 17.5 Å². The zero-order valence-corrected chi connectivity index (χ0v) is 11.6. The minimum Gasteiger partial charge on any atom is -0.493 e. The van der Waals surface area contributed by atoms with E-state index < -0.39 is 6.61 Å². The van der Waals surface area contributed by atoms with E-state index >= 15 is 0 Å². The van der Waals surface area contributed by atoms with Crippen LogP contribution in [0.3, 0.4) is 0 Å². The maximum Gasteiger partial charge on any atom is 0.387 e. The van der Waals surface area contributed by atoms with Crippen LogP contribution in [0, 0.1) is 5.92 Å². The number of methoxy groups -OCH3 is 1. The van der Waals surface area contributed by atoms with Crippen LogP contribution in [0.15, 0.2) is 18.2 Å². The lowest BCUT2D eigenvalue weighted by molar-refractivity contribution is -0.0511. The Kier molecular flexibility index (Phi) is 5.00. The summed E-state index contributed by atoms with van der Waals surface area (Å²) < 4.78 is 39.5. The normalized spacial score (nSPS) is 19.9. The van der Waals surface area contributed by atoms with Crippen molar-refractivity contribution in [1.29, 1.82) is 0 Å². The van der Waals surface area contributed by atoms with Gasteiger partial charge in [0.05, 0.1) is 13.7 Å². The van der Waals surface area contributed by atoms with Crippen LogP contribution in [0.2, 0.25) is 0 Å². The van der Waals surface area contributed by atoms with Crippen molar-refractivity contribution in [3.8, 4) is 11.5 Å². The zero-order valence-electron chi connectivity index (χ0n) is 11.6. The summed E-state index contributed by atoms with van der Waals surface area (Å²) in [6, 6.07) is 5.11. The summed E-state index contributed by atoms with van der Waals surface area (Å²) in [6.45, 7) is 0.681. The highest BCUT2D eigenvalue weighted by molar-refractivity contribution is 5.55. The molecule has 1 aromatic rings. The molecule has 0 amide bonds. The molecule has 1 fully saturated rings. The first-order valence-electron chi connectivity index (χ1n) is 6.57. The molecule has 2 unspecified atom stereocenters. The van der Waals surface area contributed by atoms with Crippen LogP contribution in [-0.4, -0.2) is 33.0 Å². The summed E-state index contributed by atoms with van der Waals surface area (Å²) in [5.41, 5.74) is 0.723. The molecule has 2 rings (SSSR count). The van der Waals surface area contributed by atoms with Gasteiger partial charge in [-0.2, -0.15) is 8.78 Å². The molecule has 20 heavy (non-hydrogen) atoms. The molecule has 0 spiro atoms. The van der Waals surface area contributed by atoms with E-state index in [9.17, 15) is 8.78 Å². The lowest BCUT2D eigenvalue weighted by atomic mass is 10.0. The van der Waals surface area contributed by atoms with Crippen molar-refractivity contribution < 1.29 is 23.0 Å². The molecule has 2 atom stereocenters. The number of anilines is 1. The van der Waals surface area contributed by atoms with E-state index in [1.54, 1.807) is 12.1 Å². The van der Waals surface area contributed by atoms with Crippen molar-refractivity contribution in [2.45, 2.75) is 26.0 Å². The van der Waals surface area contributed by atoms with Crippen LogP contribution in [-0.2, 0) is 4.74 Å². The topological polar surface area (TPSA) is 39.7 Å². The third kappa shape index (κ3) is 3.72. The predicted molar refractivity (Wildman–Crippen MR) is 71.6 cm³/mol. The number of halogens is 2. The SMILES string of the molecule is COc1ccc(NC(C)C2CCOC2)cc1OC(F)F. The van der Waals surface area contributed by atoms with E-state index in [4.69, 9.17) is 9.47 Å². The molecule has 1 aliphatic heterocycles. The van der Waals surface area contributed by atoms with Crippen molar-refractivity contribution in [3.63, 3.8) is 0 Å². The largest absolute Gasteiger partial charge is 0.493 e. The van der Waals surface area contributed by atoms with Gasteiger partial charge in [-0.15, -0.1) is 0 Å². The van der Waals surface area contributed by atoms with Crippen LogP contribution in [0.4, 0.5) is 14.5 Å². The number of ether oxygens (including phenoxy) is 3. The Balaban J connectivity index is 2.07. The molecule has 0 radical (unpaired) electrons. The Morgan fingerprint density at radius 1 is 1.35 bits per heavy atom. The fourth-order valence-electron chi connectivity index (χ4n) is 2.28. The summed E-state index contributed by atoms with van der Waals surface area (Å²) in [6.07, 6.45) is 1.00. The van der Waals surface area contributed by atoms with Crippen LogP contribution < -0.4 is 14.8 Å². The second-order valence-electron chi connectivity index (χ2n) is 4.80. The van der Waals surface area contributed by atoms with Gasteiger partial charge in [0.25, 0.3) is 0 Å². The summed E-state index contributed by atoms with van der Waals surface area (Å²) in [5, 5.41) is 3.29. The van der Waals surface area contributed by atoms with Crippen molar-refractivity contribution in [1.82, 2.24) is 0 Å². The fourth-order valence-corrected chi connectivity index (χ4v) is 2.28. The maximum atomic E-state index is 12.4. The summed E-state index contributed by atoms with van der Waals surface area (Å²) in [5.74, 6) is 0.742. The smallest absolute Gasteiger partial charge is 0.387 e. The quantitative estimate of drug-likeness (QED) is 0.872. The fraction of sp³-hybridized carbons (Fsp3) is 0.571. The lowest BCUT2D eigenvalue weighted by Gasteiger charge is -2.21. The van der Waals surface area contributed by atoms with Crippen LogP contribution in [0.25, 0.3) is 0 Å². The van der Waals surface area contributed by atoms with Gasteiger partial charge in [0, 0.05) is 30.3 Å². The standard InChI is InChI=1S/C14H19F2NO3/c1-9(10-5-6-19-8-10)17-11-3-4-12(18-2)13(7-11)20-14(15)16/h3-4,7,9-10,14,17H,5-6,8H2,1-2H3. The van der Waals surface area contributed by atoms with Crippen LogP contribution in [0.5, 0.6) is 11.5 Å². The molecule has 0 saturated carbocycles. The van der Waals surface area contributed by atoms with Crippen molar-refractivity contribution in [3.05, 3.63) is 18.2 Å². The second kappa shape index (κ2) is 6.74. The number of benzene rings is 1. The molecule has 0 bridgehead atoms. The van der Waals surface area contributed by atoms with Crippen molar-refractivity contribution in [2.24, 2.45) is 5.92 Å². The van der Waals surface area contributed by atoms with Gasteiger partial charge in [-0.25, -0.2) is 0 Å². The maximum absolute atomic E-state index is 12.4. The monoisotopic (exact) mass is 287 g/mol. The molecule has 6 heteroatoms. The van der Waals surface area contributed by atoms with E-state index in [2.05, 4.69) is 17.0 Å². The highest BCUT2D eigenvalue weighted by Crippen LogP contribution is 2.32. The van der Waals surface area contributed by atoms with Crippen molar-refractivity contribution in [2.75, 3.05) is 25.6 Å². The molecule has 1 heterocycles. The molecule has 1 N–H and O–H groups in total. The Labute approximate surface area is 117 Å². The number of rotatable bonds is 6. The van der Waals surface area contributed by atoms with E-state index in [0.717, 1.165) is 25.3 Å². The number of alkyl halides is 2. The molecule has 1 aliphatic rings. The molecule has 0 aromatic heterocycles. The van der Waals surface area contributed by atoms with E-state index in [1.165, 1.54) is 13.2 Å². The average Bonchev–Trinajstić information content (AvgIpc) is 2.92. The van der Waals surface area contributed by atoms with Gasteiger partial charge in [0.1, 0.15) is 0 Å². The number of nitrogens with one attached hydrogen (secondary N) is 1. The minimum atomic E-state index is -2.88. The highest BCUT2D eigenvalue weighted by Gasteiger charge is 2.22. The van der Waals surface area contributed by atoms with Crippen LogP contribution in [0.1, 0.15) is 13.3 Å². The molecule has 112 valence electrons. The van der Waals surface area contributed by atoms with Gasteiger partial charge in [-0.05, 0) is 25.5 Å². The highest BCUT2D eigenvalue weighted by atomic mass is 19.3. The first-order chi connectivity index (χ1) is 9.60. The minimum absolute atomic E-state index is 0.0300. The molecular formula is C14H19F2NO3. The van der Waals surface area contributed by atoms with Gasteiger partial charge in [0.15, 0.2) is 11.5 Å². The van der Waals surface area contributed by atoms with Gasteiger partial charge in [0.2, 0.25) is 0 Å². The van der Waals surface area contributed by atoms with Gasteiger partial charge >= 0.3 is 6.61 Å². The van der Waals surface area contributed by atoms with Gasteiger partial charge in [-0.1, -0.05) is 0 Å². The first-order valence-corrected chi connectivity index (χ1v) is 6.57. The summed E-state index contributed by atoms with van der Waals surface area (Å²) in [4.78, 5) is 0. The lowest BCUT2D eigenvalue weighted by Crippen LogP contribution is -2.26. The van der Waals surface area contributed by atoms with E-state index in [0.29, 0.717) is 5.92 Å². The number of hydrogen-bond donors (Lipinski definition) is 1. The Morgan fingerprint density at radius 2 is 2.15 bits per heavy atom. The molecule has 4 nitrogen and oxygen atoms in total. The van der Waals surface area contributed by atoms with Gasteiger partial charge < -0.3 is 19.5 Å².